The topological polar surface area (TPSA) is 87.7 Å². The summed E-state index contributed by atoms with van der Waals surface area (Å²) in [7, 11) is 0.588. The maximum absolute atomic E-state index is 12.9. The Balaban J connectivity index is 2.47. The summed E-state index contributed by atoms with van der Waals surface area (Å²) in [6.07, 6.45) is 0.687. The normalized spacial score (nSPS) is 21.0. The van der Waals surface area contributed by atoms with Crippen LogP contribution < -0.4 is 14.8 Å². The lowest BCUT2D eigenvalue weighted by atomic mass is 9.97. The van der Waals surface area contributed by atoms with Crippen LogP contribution in [0.2, 0.25) is 5.02 Å². The zero-order valence-electron chi connectivity index (χ0n) is 14.8. The molecular weight excluding hydrogens is 366 g/mol. The van der Waals surface area contributed by atoms with Crippen molar-refractivity contribution in [3.05, 3.63) is 22.7 Å². The summed E-state index contributed by atoms with van der Waals surface area (Å²) in [6.45, 7) is 3.47. The van der Waals surface area contributed by atoms with Crippen molar-refractivity contribution in [2.24, 2.45) is 5.92 Å². The van der Waals surface area contributed by atoms with Crippen molar-refractivity contribution in [2.75, 3.05) is 34.3 Å². The molecule has 0 aromatic heterocycles. The third-order valence-electron chi connectivity index (χ3n) is 4.24. The predicted molar refractivity (Wildman–Crippen MR) is 96.8 cm³/mol. The Kier molecular flexibility index (Phi) is 6.31. The van der Waals surface area contributed by atoms with Crippen molar-refractivity contribution in [3.63, 3.8) is 0 Å². The minimum Gasteiger partial charge on any atom is -0.494 e. The zero-order valence-corrected chi connectivity index (χ0v) is 16.4. The van der Waals surface area contributed by atoms with E-state index in [-0.39, 0.29) is 39.1 Å². The van der Waals surface area contributed by atoms with Crippen molar-refractivity contribution in [1.82, 2.24) is 14.9 Å². The fraction of sp³-hybridized carbons (Fsp3) is 0.562. The molecule has 25 heavy (non-hydrogen) atoms. The van der Waals surface area contributed by atoms with E-state index in [9.17, 15) is 13.2 Å². The highest BCUT2D eigenvalue weighted by Crippen LogP contribution is 2.33. The summed E-state index contributed by atoms with van der Waals surface area (Å²) >= 11 is 6.08. The molecule has 0 aliphatic carbocycles. The smallest absolute Gasteiger partial charge is 0.257 e. The third kappa shape index (κ3) is 4.44. The number of rotatable bonds is 5. The van der Waals surface area contributed by atoms with Gasteiger partial charge in [-0.3, -0.25) is 4.79 Å². The Labute approximate surface area is 153 Å². The van der Waals surface area contributed by atoms with Crippen molar-refractivity contribution < 1.29 is 17.9 Å². The Morgan fingerprint density at radius 3 is 2.64 bits per heavy atom. The second kappa shape index (κ2) is 7.90. The van der Waals surface area contributed by atoms with E-state index in [0.29, 0.717) is 6.42 Å². The molecule has 2 unspecified atom stereocenters. The summed E-state index contributed by atoms with van der Waals surface area (Å²) in [5.74, 6) is -0.236. The molecule has 0 bridgehead atoms. The lowest BCUT2D eigenvalue weighted by molar-refractivity contribution is 0.0824. The number of piperidine rings is 1. The molecule has 1 fully saturated rings. The largest absolute Gasteiger partial charge is 0.494 e. The molecule has 2 atom stereocenters. The first kappa shape index (κ1) is 20.0. The Hall–Kier alpha value is -1.35. The van der Waals surface area contributed by atoms with Crippen molar-refractivity contribution in [1.29, 1.82) is 0 Å². The van der Waals surface area contributed by atoms with E-state index >= 15 is 0 Å². The maximum atomic E-state index is 12.9. The number of hydrogen-bond donors (Lipinski definition) is 2. The van der Waals surface area contributed by atoms with Crippen LogP contribution in [0.3, 0.4) is 0 Å². The summed E-state index contributed by atoms with van der Waals surface area (Å²) in [4.78, 5) is 13.6. The van der Waals surface area contributed by atoms with Gasteiger partial charge in [0.05, 0.1) is 12.7 Å². The first-order valence-corrected chi connectivity index (χ1v) is 9.85. The summed E-state index contributed by atoms with van der Waals surface area (Å²) in [5, 5.41) is 3.38. The lowest BCUT2D eigenvalue weighted by Gasteiger charge is -2.30. The first-order valence-electron chi connectivity index (χ1n) is 7.99. The number of carbonyl (C=O) groups is 1. The quantitative estimate of drug-likeness (QED) is 0.793. The molecule has 0 radical (unpaired) electrons. The molecule has 1 aromatic rings. The average molecular weight is 390 g/mol. The van der Waals surface area contributed by atoms with Gasteiger partial charge < -0.3 is 15.0 Å². The van der Waals surface area contributed by atoms with Gasteiger partial charge in [0.2, 0.25) is 10.0 Å². The molecule has 1 heterocycles. The highest BCUT2D eigenvalue weighted by Gasteiger charge is 2.31. The van der Waals surface area contributed by atoms with E-state index in [1.165, 1.54) is 24.1 Å². The minimum atomic E-state index is -3.90. The number of amides is 1. The van der Waals surface area contributed by atoms with Gasteiger partial charge >= 0.3 is 0 Å². The second-order valence-electron chi connectivity index (χ2n) is 6.38. The molecule has 140 valence electrons. The molecule has 7 nitrogen and oxygen atoms in total. The highest BCUT2D eigenvalue weighted by molar-refractivity contribution is 7.89. The molecule has 0 saturated carbocycles. The number of halogens is 1. The summed E-state index contributed by atoms with van der Waals surface area (Å²) in [6, 6.07) is 2.53. The predicted octanol–water partition coefficient (Wildman–Crippen LogP) is 1.33. The van der Waals surface area contributed by atoms with Crippen LogP contribution in [-0.4, -0.2) is 59.6 Å². The molecular formula is C16H24ClN3O4S. The van der Waals surface area contributed by atoms with Crippen LogP contribution in [0.5, 0.6) is 5.75 Å². The van der Waals surface area contributed by atoms with E-state index in [2.05, 4.69) is 10.0 Å². The number of ether oxygens (including phenoxy) is 1. The Morgan fingerprint density at radius 1 is 1.40 bits per heavy atom. The molecule has 2 N–H and O–H groups in total. The molecule has 1 aliphatic rings. The SMILES string of the molecule is COc1c(C(=O)N(C)C)cc(Cl)cc1S(=O)(=O)NC1CCNCC1C. The van der Waals surface area contributed by atoms with Crippen LogP contribution in [0.1, 0.15) is 23.7 Å². The number of hydrogen-bond acceptors (Lipinski definition) is 5. The van der Waals surface area contributed by atoms with Crippen molar-refractivity contribution in [2.45, 2.75) is 24.3 Å². The lowest BCUT2D eigenvalue weighted by Crippen LogP contribution is -2.48. The van der Waals surface area contributed by atoms with Crippen LogP contribution in [0, 0.1) is 5.92 Å². The van der Waals surface area contributed by atoms with Gasteiger partial charge in [-0.1, -0.05) is 18.5 Å². The van der Waals surface area contributed by atoms with E-state index in [4.69, 9.17) is 16.3 Å². The van der Waals surface area contributed by atoms with Gasteiger partial charge in [0.1, 0.15) is 4.90 Å². The van der Waals surface area contributed by atoms with E-state index in [0.717, 1.165) is 13.1 Å². The van der Waals surface area contributed by atoms with Gasteiger partial charge in [-0.15, -0.1) is 0 Å². The second-order valence-corrected chi connectivity index (χ2v) is 8.50. The van der Waals surface area contributed by atoms with Gasteiger partial charge in [-0.25, -0.2) is 13.1 Å². The molecule has 1 aromatic carbocycles. The van der Waals surface area contributed by atoms with Gasteiger partial charge in [0.15, 0.2) is 5.75 Å². The van der Waals surface area contributed by atoms with Crippen LogP contribution in [0.15, 0.2) is 17.0 Å². The Bertz CT molecular complexity index is 752. The van der Waals surface area contributed by atoms with Gasteiger partial charge in [-0.2, -0.15) is 0 Å². The van der Waals surface area contributed by atoms with Crippen LogP contribution in [0.4, 0.5) is 0 Å². The minimum absolute atomic E-state index is 0.00260. The summed E-state index contributed by atoms with van der Waals surface area (Å²) in [5.41, 5.74) is 0.110. The standard InChI is InChI=1S/C16H24ClN3O4S/c1-10-9-18-6-5-13(10)19-25(22,23)14-8-11(17)7-12(15(14)24-4)16(21)20(2)3/h7-8,10,13,18-19H,5-6,9H2,1-4H3. The van der Waals surface area contributed by atoms with Crippen LogP contribution in [-0.2, 0) is 10.0 Å². The monoisotopic (exact) mass is 389 g/mol. The number of methoxy groups -OCH3 is 1. The number of nitrogens with one attached hydrogen (secondary N) is 2. The van der Waals surface area contributed by atoms with E-state index in [1.807, 2.05) is 6.92 Å². The molecule has 1 amide bonds. The maximum Gasteiger partial charge on any atom is 0.257 e. The van der Waals surface area contributed by atoms with Crippen LogP contribution in [0.25, 0.3) is 0 Å². The van der Waals surface area contributed by atoms with Crippen molar-refractivity contribution in [3.8, 4) is 5.75 Å². The molecule has 1 aliphatic heterocycles. The number of nitrogens with zero attached hydrogens (tertiary/aromatic N) is 1. The zero-order chi connectivity index (χ0) is 18.8. The average Bonchev–Trinajstić information content (AvgIpc) is 2.55. The molecule has 1 saturated heterocycles. The number of benzene rings is 1. The number of carbonyl (C=O) groups excluding carboxylic acids is 1. The molecule has 9 heteroatoms. The van der Waals surface area contributed by atoms with E-state index < -0.39 is 10.0 Å². The summed E-state index contributed by atoms with van der Waals surface area (Å²) < 4.78 is 33.8. The first-order chi connectivity index (χ1) is 11.7. The fourth-order valence-electron chi connectivity index (χ4n) is 2.83. The van der Waals surface area contributed by atoms with Gasteiger partial charge in [0, 0.05) is 25.2 Å². The highest BCUT2D eigenvalue weighted by atomic mass is 35.5. The third-order valence-corrected chi connectivity index (χ3v) is 5.96. The van der Waals surface area contributed by atoms with Crippen LogP contribution >= 0.6 is 11.6 Å². The van der Waals surface area contributed by atoms with Gasteiger partial charge in [-0.05, 0) is 37.6 Å². The Morgan fingerprint density at radius 2 is 2.08 bits per heavy atom. The van der Waals surface area contributed by atoms with Gasteiger partial charge in [0.25, 0.3) is 5.91 Å². The van der Waals surface area contributed by atoms with E-state index in [1.54, 1.807) is 14.1 Å². The van der Waals surface area contributed by atoms with Crippen molar-refractivity contribution >= 4 is 27.5 Å². The number of sulfonamides is 1. The molecule has 0 spiro atoms. The fourth-order valence-corrected chi connectivity index (χ4v) is 4.71. The molecule has 2 rings (SSSR count).